The number of likely N-dealkylation sites (N-methyl/N-ethyl adjacent to an activating group) is 1. The number of aromatic nitrogens is 1. The molecule has 1 atom stereocenters. The molecule has 1 aromatic heterocycles. The number of hydrogen-bond acceptors (Lipinski definition) is 4. The maximum Gasteiger partial charge on any atom is 0.243 e. The molecular formula is C13H16N4O3S. The lowest BCUT2D eigenvalue weighted by Crippen LogP contribution is -2.40. The van der Waals surface area contributed by atoms with Crippen LogP contribution >= 0.6 is 0 Å². The van der Waals surface area contributed by atoms with Gasteiger partial charge >= 0.3 is 0 Å². The van der Waals surface area contributed by atoms with E-state index in [-0.39, 0.29) is 10.8 Å². The minimum Gasteiger partial charge on any atom is -0.399 e. The number of nitrogens with zero attached hydrogens (tertiary/aromatic N) is 1. The highest BCUT2D eigenvalue weighted by Crippen LogP contribution is 2.25. The third-order valence-electron chi connectivity index (χ3n) is 3.68. The predicted octanol–water partition coefficient (Wildman–Crippen LogP) is 0.259. The highest BCUT2D eigenvalue weighted by atomic mass is 32.2. The number of benzene rings is 1. The van der Waals surface area contributed by atoms with Crippen LogP contribution in [0.15, 0.2) is 29.3 Å². The molecule has 0 bridgehead atoms. The molecule has 112 valence electrons. The summed E-state index contributed by atoms with van der Waals surface area (Å²) in [5.74, 6) is -0.206. The lowest BCUT2D eigenvalue weighted by molar-refractivity contribution is -0.127. The molecule has 1 fully saturated rings. The summed E-state index contributed by atoms with van der Waals surface area (Å²) in [5, 5.41) is 0.551. The van der Waals surface area contributed by atoms with Crippen LogP contribution in [-0.2, 0) is 14.8 Å². The van der Waals surface area contributed by atoms with E-state index in [0.29, 0.717) is 29.6 Å². The van der Waals surface area contributed by atoms with Crippen molar-refractivity contribution in [3.63, 3.8) is 0 Å². The number of rotatable bonds is 3. The zero-order chi connectivity index (χ0) is 15.2. The first-order valence-electron chi connectivity index (χ1n) is 6.52. The van der Waals surface area contributed by atoms with Crippen molar-refractivity contribution in [2.75, 3.05) is 19.3 Å². The summed E-state index contributed by atoms with van der Waals surface area (Å²) in [5.41, 5.74) is 6.87. The van der Waals surface area contributed by atoms with E-state index in [9.17, 15) is 13.2 Å². The molecule has 1 aliphatic rings. The lowest BCUT2D eigenvalue weighted by atomic mass is 10.2. The largest absolute Gasteiger partial charge is 0.399 e. The number of carbonyl (C=O) groups is 1. The zero-order valence-corrected chi connectivity index (χ0v) is 12.3. The Morgan fingerprint density at radius 2 is 2.19 bits per heavy atom. The summed E-state index contributed by atoms with van der Waals surface area (Å²) in [6, 6.07) is 4.27. The normalized spacial score (nSPS) is 19.6. The van der Waals surface area contributed by atoms with Gasteiger partial charge in [0.25, 0.3) is 0 Å². The van der Waals surface area contributed by atoms with Crippen LogP contribution in [0.1, 0.15) is 6.42 Å². The second kappa shape index (κ2) is 4.74. The molecule has 1 amide bonds. The maximum atomic E-state index is 12.5. The molecule has 1 aliphatic heterocycles. The standard InChI is InChI=1S/C13H16N4O3S/c1-17-5-4-10(13(17)18)16-21(19,20)12-7-15-11-6-8(14)2-3-9(11)12/h2-3,6-7,10,15-16H,4-5,14H2,1H3. The zero-order valence-electron chi connectivity index (χ0n) is 11.5. The average molecular weight is 308 g/mol. The minimum atomic E-state index is -3.77. The van der Waals surface area contributed by atoms with Crippen molar-refractivity contribution in [1.82, 2.24) is 14.6 Å². The van der Waals surface area contributed by atoms with Gasteiger partial charge in [-0.15, -0.1) is 0 Å². The number of anilines is 1. The van der Waals surface area contributed by atoms with Crippen LogP contribution in [0.25, 0.3) is 10.9 Å². The summed E-state index contributed by atoms with van der Waals surface area (Å²) in [4.78, 5) is 16.4. The van der Waals surface area contributed by atoms with Crippen LogP contribution < -0.4 is 10.5 Å². The van der Waals surface area contributed by atoms with E-state index in [1.54, 1.807) is 25.2 Å². The Bertz CT molecular complexity index is 812. The van der Waals surface area contributed by atoms with E-state index >= 15 is 0 Å². The van der Waals surface area contributed by atoms with E-state index in [4.69, 9.17) is 5.73 Å². The number of amides is 1. The molecule has 2 heterocycles. The van der Waals surface area contributed by atoms with Gasteiger partial charge in [-0.25, -0.2) is 8.42 Å². The number of fused-ring (bicyclic) bond motifs is 1. The van der Waals surface area contributed by atoms with Crippen LogP contribution in [0.5, 0.6) is 0 Å². The quantitative estimate of drug-likeness (QED) is 0.707. The number of likely N-dealkylation sites (tertiary alicyclic amines) is 1. The Morgan fingerprint density at radius 3 is 2.86 bits per heavy atom. The van der Waals surface area contributed by atoms with Crippen molar-refractivity contribution in [3.05, 3.63) is 24.4 Å². The number of sulfonamides is 1. The number of nitrogen functional groups attached to an aromatic ring is 1. The molecule has 8 heteroatoms. The first-order chi connectivity index (χ1) is 9.88. The fraction of sp³-hybridized carbons (Fsp3) is 0.308. The van der Waals surface area contributed by atoms with Crippen LogP contribution in [-0.4, -0.2) is 43.8 Å². The molecule has 1 aromatic carbocycles. The summed E-state index contributed by atoms with van der Waals surface area (Å²) >= 11 is 0. The smallest absolute Gasteiger partial charge is 0.243 e. The van der Waals surface area contributed by atoms with Gasteiger partial charge in [0.15, 0.2) is 0 Å². The maximum absolute atomic E-state index is 12.5. The molecule has 3 rings (SSSR count). The van der Waals surface area contributed by atoms with Crippen molar-refractivity contribution in [1.29, 1.82) is 0 Å². The van der Waals surface area contributed by atoms with Gasteiger partial charge in [-0.1, -0.05) is 0 Å². The van der Waals surface area contributed by atoms with Gasteiger partial charge in [0.1, 0.15) is 10.9 Å². The van der Waals surface area contributed by atoms with Crippen LogP contribution in [0.4, 0.5) is 5.69 Å². The number of hydrogen-bond donors (Lipinski definition) is 3. The van der Waals surface area contributed by atoms with Gasteiger partial charge in [-0.2, -0.15) is 4.72 Å². The van der Waals surface area contributed by atoms with Crippen LogP contribution in [0, 0.1) is 0 Å². The second-order valence-electron chi connectivity index (χ2n) is 5.18. The SMILES string of the molecule is CN1CCC(NS(=O)(=O)c2c[nH]c3cc(N)ccc23)C1=O. The summed E-state index contributed by atoms with van der Waals surface area (Å²) in [6.45, 7) is 0.552. The van der Waals surface area contributed by atoms with Gasteiger partial charge in [0, 0.05) is 36.4 Å². The van der Waals surface area contributed by atoms with Gasteiger partial charge < -0.3 is 15.6 Å². The highest BCUT2D eigenvalue weighted by Gasteiger charge is 2.33. The molecule has 0 spiro atoms. The summed E-state index contributed by atoms with van der Waals surface area (Å²) < 4.78 is 27.4. The summed E-state index contributed by atoms with van der Waals surface area (Å²) in [6.07, 6.45) is 1.89. The van der Waals surface area contributed by atoms with Crippen LogP contribution in [0.3, 0.4) is 0 Å². The number of nitrogens with one attached hydrogen (secondary N) is 2. The number of nitrogens with two attached hydrogens (primary N) is 1. The fourth-order valence-electron chi connectivity index (χ4n) is 2.52. The van der Waals surface area contributed by atoms with E-state index in [1.807, 2.05) is 0 Å². The molecule has 7 nitrogen and oxygen atoms in total. The Hall–Kier alpha value is -2.06. The second-order valence-corrected chi connectivity index (χ2v) is 6.86. The van der Waals surface area contributed by atoms with Gasteiger partial charge in [0.05, 0.1) is 0 Å². The lowest BCUT2D eigenvalue weighted by Gasteiger charge is -2.12. The highest BCUT2D eigenvalue weighted by molar-refractivity contribution is 7.89. The molecule has 1 unspecified atom stereocenters. The van der Waals surface area contributed by atoms with Crippen molar-refractivity contribution >= 4 is 32.5 Å². The molecule has 4 N–H and O–H groups in total. The fourth-order valence-corrected chi connectivity index (χ4v) is 3.92. The Labute approximate surface area is 122 Å². The Kier molecular flexibility index (Phi) is 3.14. The first kappa shape index (κ1) is 13.9. The van der Waals surface area contributed by atoms with E-state index in [0.717, 1.165) is 0 Å². The van der Waals surface area contributed by atoms with E-state index in [2.05, 4.69) is 9.71 Å². The minimum absolute atomic E-state index is 0.125. The summed E-state index contributed by atoms with van der Waals surface area (Å²) in [7, 11) is -2.11. The van der Waals surface area contributed by atoms with E-state index in [1.165, 1.54) is 11.1 Å². The Balaban J connectivity index is 1.95. The molecule has 21 heavy (non-hydrogen) atoms. The van der Waals surface area contributed by atoms with Crippen molar-refractivity contribution in [2.45, 2.75) is 17.4 Å². The molecular weight excluding hydrogens is 292 g/mol. The molecule has 0 saturated carbocycles. The van der Waals surface area contributed by atoms with Crippen LogP contribution in [0.2, 0.25) is 0 Å². The third kappa shape index (κ3) is 2.36. The topological polar surface area (TPSA) is 108 Å². The van der Waals surface area contributed by atoms with Gasteiger partial charge in [-0.3, -0.25) is 4.79 Å². The molecule has 2 aromatic rings. The Morgan fingerprint density at radius 1 is 1.43 bits per heavy atom. The predicted molar refractivity (Wildman–Crippen MR) is 79.1 cm³/mol. The molecule has 0 radical (unpaired) electrons. The number of H-pyrrole nitrogens is 1. The average Bonchev–Trinajstić information content (AvgIpc) is 2.97. The molecule has 0 aliphatic carbocycles. The monoisotopic (exact) mass is 308 g/mol. The van der Waals surface area contributed by atoms with Crippen molar-refractivity contribution in [2.24, 2.45) is 0 Å². The number of carbonyl (C=O) groups excluding carboxylic acids is 1. The van der Waals surface area contributed by atoms with Crippen molar-refractivity contribution < 1.29 is 13.2 Å². The number of aromatic amines is 1. The third-order valence-corrected chi connectivity index (χ3v) is 5.19. The van der Waals surface area contributed by atoms with Crippen molar-refractivity contribution in [3.8, 4) is 0 Å². The van der Waals surface area contributed by atoms with E-state index < -0.39 is 16.1 Å². The molecule has 1 saturated heterocycles. The first-order valence-corrected chi connectivity index (χ1v) is 8.01. The van der Waals surface area contributed by atoms with Gasteiger partial charge in [-0.05, 0) is 24.6 Å². The van der Waals surface area contributed by atoms with Gasteiger partial charge in [0.2, 0.25) is 15.9 Å².